The van der Waals surface area contributed by atoms with Gasteiger partial charge in [-0.15, -0.1) is 0 Å². The summed E-state index contributed by atoms with van der Waals surface area (Å²) in [6.07, 6.45) is 2.43. The summed E-state index contributed by atoms with van der Waals surface area (Å²) in [6.45, 7) is 8.70. The van der Waals surface area contributed by atoms with Crippen LogP contribution in [0.15, 0.2) is 54.7 Å². The molecule has 2 aromatic carbocycles. The van der Waals surface area contributed by atoms with Crippen molar-refractivity contribution < 1.29 is 18.3 Å². The van der Waals surface area contributed by atoms with E-state index in [1.54, 1.807) is 23.1 Å². The first-order valence-corrected chi connectivity index (χ1v) is 12.1. The van der Waals surface area contributed by atoms with Crippen LogP contribution < -0.4 is 5.73 Å². The highest BCUT2D eigenvalue weighted by Crippen LogP contribution is 2.39. The third kappa shape index (κ3) is 6.98. The van der Waals surface area contributed by atoms with E-state index in [1.807, 2.05) is 44.5 Å². The van der Waals surface area contributed by atoms with Gasteiger partial charge in [-0.1, -0.05) is 45.0 Å². The molecule has 6 nitrogen and oxygen atoms in total. The molecule has 8 heteroatoms. The van der Waals surface area contributed by atoms with Gasteiger partial charge in [-0.05, 0) is 48.6 Å². The molecule has 0 aliphatic carbocycles. The Hall–Kier alpha value is -3.10. The van der Waals surface area contributed by atoms with E-state index in [2.05, 4.69) is 0 Å². The zero-order valence-electron chi connectivity index (χ0n) is 21.7. The van der Waals surface area contributed by atoms with Crippen LogP contribution in [-0.4, -0.2) is 46.7 Å². The number of nitrogens with two attached hydrogens (primary N) is 1. The summed E-state index contributed by atoms with van der Waals surface area (Å²) >= 11 is 0. The minimum absolute atomic E-state index is 0.0765. The molecule has 0 fully saturated rings. The summed E-state index contributed by atoms with van der Waals surface area (Å²) in [7, 11) is 1.49. The number of aromatic nitrogens is 2. The van der Waals surface area contributed by atoms with Crippen LogP contribution in [0.25, 0.3) is 11.3 Å². The van der Waals surface area contributed by atoms with Crippen molar-refractivity contribution >= 4 is 5.91 Å². The van der Waals surface area contributed by atoms with Gasteiger partial charge in [-0.2, -0.15) is 0 Å². The number of benzene rings is 2. The fraction of sp³-hybridized carbons (Fsp3) is 0.429. The Bertz CT molecular complexity index is 1170. The summed E-state index contributed by atoms with van der Waals surface area (Å²) in [5.74, 6) is -0.249. The van der Waals surface area contributed by atoms with E-state index in [9.17, 15) is 13.6 Å². The number of hydrogen-bond acceptors (Lipinski definition) is 4. The summed E-state index contributed by atoms with van der Waals surface area (Å²) < 4.78 is 35.1. The number of imidazole rings is 1. The Kier molecular flexibility index (Phi) is 8.98. The number of nitrogens with zero attached hydrogens (tertiary/aromatic N) is 3. The van der Waals surface area contributed by atoms with Crippen molar-refractivity contribution in [3.63, 3.8) is 0 Å². The van der Waals surface area contributed by atoms with Crippen LogP contribution in [0.1, 0.15) is 51.5 Å². The molecule has 0 radical (unpaired) electrons. The maximum absolute atomic E-state index is 14.0. The van der Waals surface area contributed by atoms with E-state index in [1.165, 1.54) is 31.4 Å². The summed E-state index contributed by atoms with van der Waals surface area (Å²) in [6, 6.07) is 12.0. The van der Waals surface area contributed by atoms with Gasteiger partial charge >= 0.3 is 0 Å². The van der Waals surface area contributed by atoms with Crippen LogP contribution in [0.3, 0.4) is 0 Å². The minimum atomic E-state index is -0.449. The number of halogens is 2. The zero-order valence-corrected chi connectivity index (χ0v) is 21.7. The minimum Gasteiger partial charge on any atom is -0.375 e. The third-order valence-corrected chi connectivity index (χ3v) is 5.96. The van der Waals surface area contributed by atoms with Crippen molar-refractivity contribution in [2.45, 2.75) is 52.7 Å². The molecule has 1 aromatic heterocycles. The van der Waals surface area contributed by atoms with Gasteiger partial charge in [0.25, 0.3) is 0 Å². The molecule has 0 spiro atoms. The van der Waals surface area contributed by atoms with Crippen LogP contribution in [0, 0.1) is 17.0 Å². The van der Waals surface area contributed by atoms with Gasteiger partial charge in [0.05, 0.1) is 11.7 Å². The number of methoxy groups -OCH3 is 1. The highest BCUT2D eigenvalue weighted by Gasteiger charge is 2.38. The first kappa shape index (κ1) is 27.5. The molecule has 0 bridgehead atoms. The Balaban J connectivity index is 2.18. The number of amides is 1. The fourth-order valence-electron chi connectivity index (χ4n) is 4.34. The number of rotatable bonds is 10. The second-order valence-corrected chi connectivity index (χ2v) is 10.3. The lowest BCUT2D eigenvalue weighted by atomic mass is 9.84. The summed E-state index contributed by atoms with van der Waals surface area (Å²) in [4.78, 5) is 20.0. The first-order valence-electron chi connectivity index (χ1n) is 12.1. The highest BCUT2D eigenvalue weighted by molar-refractivity contribution is 5.78. The van der Waals surface area contributed by atoms with Crippen LogP contribution in [0.4, 0.5) is 8.78 Å². The van der Waals surface area contributed by atoms with Crippen molar-refractivity contribution in [3.8, 4) is 11.3 Å². The molecule has 0 unspecified atom stereocenters. The van der Waals surface area contributed by atoms with E-state index < -0.39 is 11.5 Å². The molecule has 0 aliphatic rings. The van der Waals surface area contributed by atoms with E-state index >= 15 is 0 Å². The second kappa shape index (κ2) is 11.8. The fourth-order valence-corrected chi connectivity index (χ4v) is 4.34. The summed E-state index contributed by atoms with van der Waals surface area (Å²) in [5, 5.41) is 0. The predicted octanol–water partition coefficient (Wildman–Crippen LogP) is 5.18. The van der Waals surface area contributed by atoms with Crippen LogP contribution in [0.5, 0.6) is 0 Å². The predicted molar refractivity (Wildman–Crippen MR) is 137 cm³/mol. The molecular weight excluding hydrogens is 462 g/mol. The van der Waals surface area contributed by atoms with Crippen LogP contribution >= 0.6 is 0 Å². The topological polar surface area (TPSA) is 73.4 Å². The maximum Gasteiger partial charge on any atom is 0.249 e. The molecule has 1 heterocycles. The molecule has 3 aromatic rings. The van der Waals surface area contributed by atoms with Crippen LogP contribution in [-0.2, 0) is 16.1 Å². The van der Waals surface area contributed by atoms with E-state index in [-0.39, 0.29) is 30.2 Å². The summed E-state index contributed by atoms with van der Waals surface area (Å²) in [5.41, 5.74) is 7.55. The van der Waals surface area contributed by atoms with Crippen LogP contribution in [0.2, 0.25) is 0 Å². The van der Waals surface area contributed by atoms with Gasteiger partial charge in [0.1, 0.15) is 24.1 Å². The average molecular weight is 499 g/mol. The van der Waals surface area contributed by atoms with E-state index in [0.717, 1.165) is 5.56 Å². The number of ether oxygens (including phenoxy) is 1. The van der Waals surface area contributed by atoms with Gasteiger partial charge in [-0.3, -0.25) is 4.79 Å². The van der Waals surface area contributed by atoms with Gasteiger partial charge in [0, 0.05) is 38.0 Å². The lowest BCUT2D eigenvalue weighted by Gasteiger charge is -2.40. The normalized spacial score (nSPS) is 13.4. The Morgan fingerprint density at radius 3 is 2.39 bits per heavy atom. The standard InChI is InChI=1S/C28H36F2N4O2/c1-19(31)12-13-34(25(35)18-36-5)26(28(2,3)4)27-32-24(21-9-7-11-23(30)15-21)17-33(27)16-20-8-6-10-22(29)14-20/h6-11,14-15,17,19,26H,12-13,16,18,31H2,1-5H3/t19-,26+/m1/s1. The number of hydrogen-bond donors (Lipinski definition) is 1. The zero-order chi connectivity index (χ0) is 26.5. The SMILES string of the molecule is COCC(=O)N(CC[C@@H](C)N)[C@@H](c1nc(-c2cccc(F)c2)cn1Cc1cccc(F)c1)C(C)(C)C. The van der Waals surface area contributed by atoms with Gasteiger partial charge in [0.2, 0.25) is 5.91 Å². The number of carbonyl (C=O) groups is 1. The van der Waals surface area contributed by atoms with Crippen molar-refractivity contribution in [1.82, 2.24) is 14.5 Å². The van der Waals surface area contributed by atoms with Gasteiger partial charge in [0.15, 0.2) is 0 Å². The molecule has 0 saturated carbocycles. The monoisotopic (exact) mass is 498 g/mol. The van der Waals surface area contributed by atoms with E-state index in [0.29, 0.717) is 36.6 Å². The molecular formula is C28H36F2N4O2. The average Bonchev–Trinajstić information content (AvgIpc) is 3.18. The molecule has 0 saturated heterocycles. The Labute approximate surface area is 212 Å². The molecule has 36 heavy (non-hydrogen) atoms. The molecule has 2 atom stereocenters. The van der Waals surface area contributed by atoms with Crippen molar-refractivity contribution in [2.24, 2.45) is 11.1 Å². The molecule has 1 amide bonds. The largest absolute Gasteiger partial charge is 0.375 e. The maximum atomic E-state index is 14.0. The Morgan fingerprint density at radius 2 is 1.81 bits per heavy atom. The van der Waals surface area contributed by atoms with Crippen molar-refractivity contribution in [1.29, 1.82) is 0 Å². The van der Waals surface area contributed by atoms with Gasteiger partial charge in [-0.25, -0.2) is 13.8 Å². The smallest absolute Gasteiger partial charge is 0.249 e. The highest BCUT2D eigenvalue weighted by atomic mass is 19.1. The lowest BCUT2D eigenvalue weighted by molar-refractivity contribution is -0.140. The van der Waals surface area contributed by atoms with Gasteiger partial charge < -0.3 is 19.9 Å². The van der Waals surface area contributed by atoms with Crippen molar-refractivity contribution in [3.05, 3.63) is 77.8 Å². The molecule has 3 rings (SSSR count). The van der Waals surface area contributed by atoms with E-state index in [4.69, 9.17) is 15.5 Å². The third-order valence-electron chi connectivity index (χ3n) is 5.96. The molecule has 2 N–H and O–H groups in total. The molecule has 194 valence electrons. The second-order valence-electron chi connectivity index (χ2n) is 10.3. The number of carbonyl (C=O) groups excluding carboxylic acids is 1. The first-order chi connectivity index (χ1) is 17.0. The lowest BCUT2D eigenvalue weighted by Crippen LogP contribution is -2.45. The Morgan fingerprint density at radius 1 is 1.14 bits per heavy atom. The van der Waals surface area contributed by atoms with Crippen molar-refractivity contribution in [2.75, 3.05) is 20.3 Å². The quantitative estimate of drug-likeness (QED) is 0.418. The molecule has 0 aliphatic heterocycles.